The van der Waals surface area contributed by atoms with Crippen molar-refractivity contribution in [1.29, 1.82) is 0 Å². The molecule has 1 atom stereocenters. The third-order valence-corrected chi connectivity index (χ3v) is 3.68. The molecule has 0 spiro atoms. The zero-order valence-corrected chi connectivity index (χ0v) is 10.5. The molecule has 1 aliphatic rings. The number of aromatic nitrogens is 1. The second-order valence-corrected chi connectivity index (χ2v) is 4.89. The van der Waals surface area contributed by atoms with Gasteiger partial charge in [-0.3, -0.25) is 9.88 Å². The molecule has 2 heteroatoms. The summed E-state index contributed by atoms with van der Waals surface area (Å²) in [5.74, 6) is 0. The van der Waals surface area contributed by atoms with Crippen LogP contribution in [0.5, 0.6) is 0 Å². The van der Waals surface area contributed by atoms with Gasteiger partial charge in [0.15, 0.2) is 0 Å². The molecule has 3 rings (SSSR count). The van der Waals surface area contributed by atoms with Gasteiger partial charge in [0.2, 0.25) is 0 Å². The predicted octanol–water partition coefficient (Wildman–Crippen LogP) is 3.42. The Morgan fingerprint density at radius 1 is 1.06 bits per heavy atom. The van der Waals surface area contributed by atoms with Crippen molar-refractivity contribution in [2.75, 3.05) is 6.54 Å². The molecule has 0 amide bonds. The second-order valence-electron chi connectivity index (χ2n) is 4.89. The third kappa shape index (κ3) is 2.44. The van der Waals surface area contributed by atoms with E-state index < -0.39 is 0 Å². The number of nitrogens with zero attached hydrogens (tertiary/aromatic N) is 2. The number of pyridine rings is 1. The fourth-order valence-electron chi connectivity index (χ4n) is 2.80. The molecule has 1 saturated heterocycles. The van der Waals surface area contributed by atoms with Crippen LogP contribution in [-0.2, 0) is 6.54 Å². The summed E-state index contributed by atoms with van der Waals surface area (Å²) in [6, 6.07) is 15.6. The van der Waals surface area contributed by atoms with Gasteiger partial charge in [-0.2, -0.15) is 0 Å². The van der Waals surface area contributed by atoms with Gasteiger partial charge in [-0.25, -0.2) is 0 Å². The van der Waals surface area contributed by atoms with Gasteiger partial charge >= 0.3 is 0 Å². The summed E-state index contributed by atoms with van der Waals surface area (Å²) in [5.41, 5.74) is 2.80. The molecule has 2 aromatic rings. The van der Waals surface area contributed by atoms with Crippen LogP contribution < -0.4 is 0 Å². The Labute approximate surface area is 108 Å². The summed E-state index contributed by atoms with van der Waals surface area (Å²) in [4.78, 5) is 6.68. The summed E-state index contributed by atoms with van der Waals surface area (Å²) >= 11 is 0. The molecule has 1 aliphatic heterocycles. The Bertz CT molecular complexity index is 481. The first kappa shape index (κ1) is 11.4. The van der Waals surface area contributed by atoms with Gasteiger partial charge in [0.05, 0.1) is 0 Å². The van der Waals surface area contributed by atoms with Gasteiger partial charge in [-0.05, 0) is 42.6 Å². The maximum absolute atomic E-state index is 4.11. The highest BCUT2D eigenvalue weighted by molar-refractivity contribution is 5.19. The summed E-state index contributed by atoms with van der Waals surface area (Å²) in [6.45, 7) is 2.25. The molecule has 2 nitrogen and oxygen atoms in total. The summed E-state index contributed by atoms with van der Waals surface area (Å²) < 4.78 is 0. The first-order valence-corrected chi connectivity index (χ1v) is 6.61. The molecular formula is C16H18N2. The van der Waals surface area contributed by atoms with Crippen LogP contribution in [0.15, 0.2) is 54.9 Å². The monoisotopic (exact) mass is 238 g/mol. The Morgan fingerprint density at radius 2 is 1.83 bits per heavy atom. The van der Waals surface area contributed by atoms with E-state index in [9.17, 15) is 0 Å². The normalized spacial score (nSPS) is 20.1. The Hall–Kier alpha value is -1.67. The maximum atomic E-state index is 4.11. The first-order valence-electron chi connectivity index (χ1n) is 6.61. The fraction of sp³-hybridized carbons (Fsp3) is 0.312. The van der Waals surface area contributed by atoms with Crippen molar-refractivity contribution in [2.24, 2.45) is 0 Å². The fourth-order valence-corrected chi connectivity index (χ4v) is 2.80. The van der Waals surface area contributed by atoms with Crippen LogP contribution in [0.3, 0.4) is 0 Å². The highest BCUT2D eigenvalue weighted by Crippen LogP contribution is 2.32. The summed E-state index contributed by atoms with van der Waals surface area (Å²) in [6.07, 6.45) is 6.35. The topological polar surface area (TPSA) is 16.1 Å². The lowest BCUT2D eigenvalue weighted by atomic mass is 10.1. The van der Waals surface area contributed by atoms with Crippen molar-refractivity contribution in [3.63, 3.8) is 0 Å². The molecule has 92 valence electrons. The average Bonchev–Trinajstić information content (AvgIpc) is 2.89. The minimum absolute atomic E-state index is 0.563. The van der Waals surface area contributed by atoms with Crippen LogP contribution in [0.25, 0.3) is 0 Å². The van der Waals surface area contributed by atoms with Crippen LogP contribution in [0.1, 0.15) is 30.0 Å². The molecule has 0 radical (unpaired) electrons. The number of benzene rings is 1. The molecule has 0 aliphatic carbocycles. The van der Waals surface area contributed by atoms with E-state index in [2.05, 4.69) is 52.3 Å². The second kappa shape index (κ2) is 5.32. The minimum Gasteiger partial charge on any atom is -0.292 e. The van der Waals surface area contributed by atoms with Gasteiger partial charge in [0.25, 0.3) is 0 Å². The van der Waals surface area contributed by atoms with Crippen molar-refractivity contribution >= 4 is 0 Å². The van der Waals surface area contributed by atoms with Crippen LogP contribution >= 0.6 is 0 Å². The Morgan fingerprint density at radius 3 is 2.61 bits per heavy atom. The minimum atomic E-state index is 0.563. The molecule has 1 aromatic carbocycles. The van der Waals surface area contributed by atoms with Gasteiger partial charge in [-0.15, -0.1) is 0 Å². The Kier molecular flexibility index (Phi) is 3.37. The van der Waals surface area contributed by atoms with Gasteiger partial charge < -0.3 is 0 Å². The smallest absolute Gasteiger partial charge is 0.0353 e. The van der Waals surface area contributed by atoms with E-state index in [4.69, 9.17) is 0 Å². The number of rotatable bonds is 3. The quantitative estimate of drug-likeness (QED) is 0.814. The van der Waals surface area contributed by atoms with E-state index in [0.29, 0.717) is 6.04 Å². The predicted molar refractivity (Wildman–Crippen MR) is 73.1 cm³/mol. The lowest BCUT2D eigenvalue weighted by Crippen LogP contribution is -2.22. The molecule has 0 unspecified atom stereocenters. The lowest BCUT2D eigenvalue weighted by Gasteiger charge is -2.24. The van der Waals surface area contributed by atoms with E-state index in [-0.39, 0.29) is 0 Å². The van der Waals surface area contributed by atoms with Crippen LogP contribution in [-0.4, -0.2) is 16.4 Å². The number of hydrogen-bond acceptors (Lipinski definition) is 2. The van der Waals surface area contributed by atoms with E-state index >= 15 is 0 Å². The molecule has 0 saturated carbocycles. The van der Waals surface area contributed by atoms with E-state index in [0.717, 1.165) is 6.54 Å². The molecule has 2 heterocycles. The van der Waals surface area contributed by atoms with Crippen LogP contribution in [0.4, 0.5) is 0 Å². The van der Waals surface area contributed by atoms with Crippen molar-refractivity contribution in [1.82, 2.24) is 9.88 Å². The standard InChI is InChI=1S/C16H18N2/c1-2-5-14(6-3-1)13-18-12-4-7-16(18)15-8-10-17-11-9-15/h1-3,5-6,8-11,16H,4,7,12-13H2/t16-/m0/s1. The SMILES string of the molecule is c1ccc(CN2CCC[C@H]2c2ccncc2)cc1. The van der Waals surface area contributed by atoms with Crippen LogP contribution in [0.2, 0.25) is 0 Å². The molecule has 0 bridgehead atoms. The molecule has 0 N–H and O–H groups in total. The van der Waals surface area contributed by atoms with Crippen molar-refractivity contribution < 1.29 is 0 Å². The highest BCUT2D eigenvalue weighted by Gasteiger charge is 2.25. The molecule has 18 heavy (non-hydrogen) atoms. The molecule has 1 aromatic heterocycles. The van der Waals surface area contributed by atoms with Crippen LogP contribution in [0, 0.1) is 0 Å². The third-order valence-electron chi connectivity index (χ3n) is 3.68. The van der Waals surface area contributed by atoms with E-state index in [1.807, 2.05) is 12.4 Å². The van der Waals surface area contributed by atoms with Gasteiger partial charge in [-0.1, -0.05) is 30.3 Å². The molecular weight excluding hydrogens is 220 g/mol. The average molecular weight is 238 g/mol. The summed E-state index contributed by atoms with van der Waals surface area (Å²) in [5, 5.41) is 0. The first-order chi connectivity index (χ1) is 8.93. The van der Waals surface area contributed by atoms with Crippen molar-refractivity contribution in [2.45, 2.75) is 25.4 Å². The summed E-state index contributed by atoms with van der Waals surface area (Å²) in [7, 11) is 0. The zero-order valence-electron chi connectivity index (χ0n) is 10.5. The lowest BCUT2D eigenvalue weighted by molar-refractivity contribution is 0.248. The number of likely N-dealkylation sites (tertiary alicyclic amines) is 1. The number of hydrogen-bond donors (Lipinski definition) is 0. The maximum Gasteiger partial charge on any atom is 0.0353 e. The Balaban J connectivity index is 1.76. The van der Waals surface area contributed by atoms with Crippen molar-refractivity contribution in [3.05, 3.63) is 66.0 Å². The van der Waals surface area contributed by atoms with E-state index in [1.165, 1.54) is 30.5 Å². The zero-order chi connectivity index (χ0) is 12.2. The van der Waals surface area contributed by atoms with Gasteiger partial charge in [0.1, 0.15) is 0 Å². The highest BCUT2D eigenvalue weighted by atomic mass is 15.2. The largest absolute Gasteiger partial charge is 0.292 e. The molecule has 1 fully saturated rings. The van der Waals surface area contributed by atoms with E-state index in [1.54, 1.807) is 0 Å². The van der Waals surface area contributed by atoms with Crippen molar-refractivity contribution in [3.8, 4) is 0 Å². The van der Waals surface area contributed by atoms with Gasteiger partial charge in [0, 0.05) is 25.0 Å².